The third-order valence-corrected chi connectivity index (χ3v) is 4.74. The molecule has 0 radical (unpaired) electrons. The average Bonchev–Trinajstić information content (AvgIpc) is 2.58. The molecule has 0 atom stereocenters. The van der Waals surface area contributed by atoms with E-state index in [0.29, 0.717) is 0 Å². The number of allylic oxidation sites excluding steroid dienone is 1. The molecule has 1 aliphatic carbocycles. The molecule has 0 spiro atoms. The molecule has 0 fully saturated rings. The maximum Gasteiger partial charge on any atom is 0.0505 e. The van der Waals surface area contributed by atoms with Gasteiger partial charge < -0.3 is 4.57 Å². The summed E-state index contributed by atoms with van der Waals surface area (Å²) in [5.41, 5.74) is 4.40. The first-order valence-electron chi connectivity index (χ1n) is 6.35. The van der Waals surface area contributed by atoms with Gasteiger partial charge in [0, 0.05) is 17.6 Å². The molecule has 0 amide bonds. The van der Waals surface area contributed by atoms with Crippen molar-refractivity contribution < 1.29 is 0 Å². The zero-order valence-corrected chi connectivity index (χ0v) is 11.8. The minimum atomic E-state index is -1.04. The van der Waals surface area contributed by atoms with Crippen molar-refractivity contribution in [3.05, 3.63) is 30.1 Å². The molecule has 1 aromatic heterocycles. The lowest BCUT2D eigenvalue weighted by Crippen LogP contribution is -2.21. The Bertz CT molecular complexity index is 395. The summed E-state index contributed by atoms with van der Waals surface area (Å²) >= 11 is 0. The van der Waals surface area contributed by atoms with Gasteiger partial charge in [0.1, 0.15) is 0 Å². The van der Waals surface area contributed by atoms with Gasteiger partial charge in [0.25, 0.3) is 0 Å². The minimum Gasteiger partial charge on any atom is -0.325 e. The van der Waals surface area contributed by atoms with E-state index in [1.54, 1.807) is 5.56 Å². The van der Waals surface area contributed by atoms with Gasteiger partial charge in [-0.05, 0) is 43.4 Å². The second-order valence-electron chi connectivity index (χ2n) is 6.17. The van der Waals surface area contributed by atoms with E-state index in [1.807, 2.05) is 0 Å². The van der Waals surface area contributed by atoms with Gasteiger partial charge in [0.15, 0.2) is 0 Å². The Morgan fingerprint density at radius 3 is 2.69 bits per heavy atom. The van der Waals surface area contributed by atoms with E-state index >= 15 is 0 Å². The summed E-state index contributed by atoms with van der Waals surface area (Å²) in [5, 5.41) is 0. The van der Waals surface area contributed by atoms with Gasteiger partial charge >= 0.3 is 0 Å². The van der Waals surface area contributed by atoms with Crippen LogP contribution >= 0.6 is 0 Å². The van der Waals surface area contributed by atoms with Crippen molar-refractivity contribution in [2.75, 3.05) is 0 Å². The van der Waals surface area contributed by atoms with Gasteiger partial charge in [-0.3, -0.25) is 0 Å². The Morgan fingerprint density at radius 1 is 1.31 bits per heavy atom. The van der Waals surface area contributed by atoms with E-state index in [0.717, 1.165) is 0 Å². The van der Waals surface area contributed by atoms with Crippen LogP contribution in [0.5, 0.6) is 0 Å². The summed E-state index contributed by atoms with van der Waals surface area (Å²) < 4.78 is 2.37. The predicted molar refractivity (Wildman–Crippen MR) is 74.6 cm³/mol. The highest BCUT2D eigenvalue weighted by Gasteiger charge is 2.19. The molecule has 0 aliphatic heterocycles. The highest BCUT2D eigenvalue weighted by Crippen LogP contribution is 2.27. The maximum absolute atomic E-state index is 4.29. The molecular weight excluding hydrogens is 210 g/mol. The van der Waals surface area contributed by atoms with Crippen molar-refractivity contribution in [2.45, 2.75) is 51.4 Å². The van der Waals surface area contributed by atoms with Gasteiger partial charge in [-0.2, -0.15) is 0 Å². The number of hydrogen-bond donors (Lipinski definition) is 0. The lowest BCUT2D eigenvalue weighted by Gasteiger charge is -2.22. The highest BCUT2D eigenvalue weighted by molar-refractivity contribution is 6.77. The third kappa shape index (κ3) is 2.49. The Labute approximate surface area is 100 Å². The van der Waals surface area contributed by atoms with Crippen LogP contribution in [0.25, 0.3) is 5.70 Å². The molecule has 88 valence electrons. The van der Waals surface area contributed by atoms with Crippen LogP contribution in [0, 0.1) is 0 Å². The SMILES string of the molecule is C=C(C[Si](C)(C)C)n1ccc2c1CCCC2. The van der Waals surface area contributed by atoms with Crippen molar-refractivity contribution in [1.82, 2.24) is 4.57 Å². The monoisotopic (exact) mass is 233 g/mol. The van der Waals surface area contributed by atoms with E-state index in [2.05, 4.69) is 43.1 Å². The van der Waals surface area contributed by atoms with E-state index in [9.17, 15) is 0 Å². The molecule has 0 saturated carbocycles. The predicted octanol–water partition coefficient (Wildman–Crippen LogP) is 4.18. The zero-order valence-electron chi connectivity index (χ0n) is 10.8. The van der Waals surface area contributed by atoms with Crippen molar-refractivity contribution in [3.8, 4) is 0 Å². The standard InChI is InChI=1S/C14H23NSi/c1-12(11-16(2,3)4)15-10-9-13-7-5-6-8-14(13)15/h9-10H,1,5-8,11H2,2-4H3. The van der Waals surface area contributed by atoms with Gasteiger partial charge in [-0.25, -0.2) is 0 Å². The van der Waals surface area contributed by atoms with Crippen LogP contribution in [0.1, 0.15) is 24.1 Å². The van der Waals surface area contributed by atoms with Gasteiger partial charge in [-0.15, -0.1) is 0 Å². The van der Waals surface area contributed by atoms with Crippen LogP contribution < -0.4 is 0 Å². The quantitative estimate of drug-likeness (QED) is 0.690. The van der Waals surface area contributed by atoms with E-state index in [4.69, 9.17) is 0 Å². The summed E-state index contributed by atoms with van der Waals surface area (Å²) in [6, 6.07) is 3.50. The first-order valence-corrected chi connectivity index (χ1v) is 10.1. The Morgan fingerprint density at radius 2 is 2.00 bits per heavy atom. The fraction of sp³-hybridized carbons (Fsp3) is 0.571. The molecule has 0 saturated heterocycles. The van der Waals surface area contributed by atoms with Crippen molar-refractivity contribution in [3.63, 3.8) is 0 Å². The summed E-state index contributed by atoms with van der Waals surface area (Å²) in [6.07, 6.45) is 7.45. The number of nitrogens with zero attached hydrogens (tertiary/aromatic N) is 1. The molecule has 1 nitrogen and oxygen atoms in total. The Hall–Kier alpha value is -0.763. The Balaban J connectivity index is 2.21. The topological polar surface area (TPSA) is 4.93 Å². The fourth-order valence-electron chi connectivity index (χ4n) is 2.62. The maximum atomic E-state index is 4.29. The molecule has 1 aromatic rings. The summed E-state index contributed by atoms with van der Waals surface area (Å²) in [4.78, 5) is 0. The largest absolute Gasteiger partial charge is 0.325 e. The fourth-order valence-corrected chi connectivity index (χ4v) is 4.01. The van der Waals surface area contributed by atoms with Crippen molar-refractivity contribution in [2.24, 2.45) is 0 Å². The second kappa shape index (κ2) is 4.25. The van der Waals surface area contributed by atoms with Crippen LogP contribution in [-0.4, -0.2) is 12.6 Å². The van der Waals surface area contributed by atoms with Crippen molar-refractivity contribution in [1.29, 1.82) is 0 Å². The first kappa shape index (κ1) is 11.7. The van der Waals surface area contributed by atoms with Crippen LogP contribution in [0.4, 0.5) is 0 Å². The average molecular weight is 233 g/mol. The minimum absolute atomic E-state index is 1.04. The zero-order chi connectivity index (χ0) is 11.8. The number of fused-ring (bicyclic) bond motifs is 1. The molecule has 0 aromatic carbocycles. The van der Waals surface area contributed by atoms with Crippen molar-refractivity contribution >= 4 is 13.8 Å². The molecule has 0 unspecified atom stereocenters. The molecule has 0 N–H and O–H groups in total. The smallest absolute Gasteiger partial charge is 0.0505 e. The number of hydrogen-bond acceptors (Lipinski definition) is 0. The van der Waals surface area contributed by atoms with Gasteiger partial charge in [0.05, 0.1) is 8.07 Å². The van der Waals surface area contributed by atoms with E-state index in [-0.39, 0.29) is 0 Å². The van der Waals surface area contributed by atoms with E-state index in [1.165, 1.54) is 43.1 Å². The van der Waals surface area contributed by atoms with Crippen LogP contribution in [-0.2, 0) is 12.8 Å². The molecule has 1 aliphatic rings. The Kier molecular flexibility index (Phi) is 3.11. The van der Waals surface area contributed by atoms with Crippen LogP contribution in [0.2, 0.25) is 25.7 Å². The summed E-state index contributed by atoms with van der Waals surface area (Å²) in [7, 11) is -1.04. The highest BCUT2D eigenvalue weighted by atomic mass is 28.3. The first-order chi connectivity index (χ1) is 7.47. The van der Waals surface area contributed by atoms with Crippen LogP contribution in [0.15, 0.2) is 18.8 Å². The molecule has 16 heavy (non-hydrogen) atoms. The lowest BCUT2D eigenvalue weighted by atomic mass is 9.98. The molecule has 0 bridgehead atoms. The second-order valence-corrected chi connectivity index (χ2v) is 11.6. The van der Waals surface area contributed by atoms with E-state index < -0.39 is 8.07 Å². The molecule has 1 heterocycles. The molecule has 2 rings (SSSR count). The molecular formula is C14H23NSi. The number of aromatic nitrogens is 1. The number of aryl methyl sites for hydroxylation is 1. The molecule has 2 heteroatoms. The normalized spacial score (nSPS) is 15.9. The van der Waals surface area contributed by atoms with Gasteiger partial charge in [0.2, 0.25) is 0 Å². The third-order valence-electron chi connectivity index (χ3n) is 3.27. The lowest BCUT2D eigenvalue weighted by molar-refractivity contribution is 0.665. The summed E-state index contributed by atoms with van der Waals surface area (Å²) in [5.74, 6) is 0. The van der Waals surface area contributed by atoms with Crippen LogP contribution in [0.3, 0.4) is 0 Å². The summed E-state index contributed by atoms with van der Waals surface area (Å²) in [6.45, 7) is 11.5. The van der Waals surface area contributed by atoms with Gasteiger partial charge in [-0.1, -0.05) is 26.2 Å². The number of rotatable bonds is 3.